The van der Waals surface area contributed by atoms with E-state index in [-0.39, 0.29) is 0 Å². The van der Waals surface area contributed by atoms with Crippen LogP contribution in [0.5, 0.6) is 0 Å². The predicted molar refractivity (Wildman–Crippen MR) is 58.3 cm³/mol. The number of non-ortho nitro benzene ring substituents is 1. The molecule has 3 nitrogen and oxygen atoms in total. The Hall–Kier alpha value is -2.58. The van der Waals surface area contributed by atoms with Crippen molar-refractivity contribution in [2.45, 2.75) is 0 Å². The van der Waals surface area contributed by atoms with Gasteiger partial charge in [0.1, 0.15) is 5.82 Å². The van der Waals surface area contributed by atoms with Gasteiger partial charge in [0, 0.05) is 6.07 Å². The summed E-state index contributed by atoms with van der Waals surface area (Å²) in [6.45, 7) is 0. The van der Waals surface area contributed by atoms with Crippen LogP contribution in [0.3, 0.4) is 0 Å². The van der Waals surface area contributed by atoms with Crippen LogP contribution in [0.15, 0.2) is 18.2 Å². The minimum Gasteiger partial charge on any atom is -0.258 e. The van der Waals surface area contributed by atoms with Crippen molar-refractivity contribution in [1.29, 1.82) is 0 Å². The molecule has 0 aliphatic heterocycles. The number of benzene rings is 2. The van der Waals surface area contributed by atoms with Crippen molar-refractivity contribution >= 4 is 5.69 Å². The van der Waals surface area contributed by atoms with Gasteiger partial charge in [-0.15, -0.1) is 0 Å². The Morgan fingerprint density at radius 3 is 1.71 bits per heavy atom. The summed E-state index contributed by atoms with van der Waals surface area (Å²) in [5, 5.41) is 10.5. The lowest BCUT2D eigenvalue weighted by Crippen LogP contribution is -2.04. The third-order valence-electron chi connectivity index (χ3n) is 2.59. The lowest BCUT2D eigenvalue weighted by Gasteiger charge is -2.08. The molecule has 0 aliphatic rings. The Balaban J connectivity index is 2.82. The number of nitro benzene ring substituents is 1. The number of rotatable bonds is 2. The molecule has 2 rings (SSSR count). The fourth-order valence-electron chi connectivity index (χ4n) is 1.68. The fourth-order valence-corrected chi connectivity index (χ4v) is 1.68. The lowest BCUT2D eigenvalue weighted by molar-refractivity contribution is -0.385. The monoisotopic (exact) mass is 307 g/mol. The second kappa shape index (κ2) is 5.08. The first-order chi connectivity index (χ1) is 9.73. The predicted octanol–water partition coefficient (Wildman–Crippen LogP) is 4.10. The Bertz CT molecular complexity index is 733. The van der Waals surface area contributed by atoms with Gasteiger partial charge in [-0.2, -0.15) is 0 Å². The Morgan fingerprint density at radius 2 is 1.24 bits per heavy atom. The zero-order valence-electron chi connectivity index (χ0n) is 9.76. The molecule has 2 aromatic carbocycles. The van der Waals surface area contributed by atoms with E-state index in [2.05, 4.69) is 0 Å². The SMILES string of the molecule is O=[N+]([O-])c1cc(F)cc(-c2c(F)c(F)c(F)c(F)c2F)c1. The zero-order chi connectivity index (χ0) is 15.9. The summed E-state index contributed by atoms with van der Waals surface area (Å²) in [7, 11) is 0. The van der Waals surface area contributed by atoms with Gasteiger partial charge >= 0.3 is 0 Å². The molecule has 0 fully saturated rings. The van der Waals surface area contributed by atoms with E-state index in [1.54, 1.807) is 0 Å². The summed E-state index contributed by atoms with van der Waals surface area (Å²) in [5.41, 5.74) is -3.17. The summed E-state index contributed by atoms with van der Waals surface area (Å²) >= 11 is 0. The Labute approximate surface area is 112 Å². The highest BCUT2D eigenvalue weighted by Gasteiger charge is 2.27. The first-order valence-electron chi connectivity index (χ1n) is 5.20. The smallest absolute Gasteiger partial charge is 0.258 e. The molecule has 0 radical (unpaired) electrons. The topological polar surface area (TPSA) is 43.1 Å². The van der Waals surface area contributed by atoms with Crippen LogP contribution in [0, 0.1) is 45.0 Å². The summed E-state index contributed by atoms with van der Waals surface area (Å²) in [6.07, 6.45) is 0. The van der Waals surface area contributed by atoms with E-state index in [0.717, 1.165) is 0 Å². The molecule has 0 atom stereocenters. The number of nitro groups is 1. The highest BCUT2D eigenvalue weighted by atomic mass is 19.2. The molecular weight excluding hydrogens is 304 g/mol. The second-order valence-electron chi connectivity index (χ2n) is 3.90. The molecule has 0 unspecified atom stereocenters. The molecule has 0 saturated carbocycles. The van der Waals surface area contributed by atoms with Gasteiger partial charge in [0.15, 0.2) is 23.3 Å². The van der Waals surface area contributed by atoms with Crippen LogP contribution in [-0.2, 0) is 0 Å². The molecule has 0 amide bonds. The molecule has 0 saturated heterocycles. The molecule has 9 heteroatoms. The van der Waals surface area contributed by atoms with Crippen molar-refractivity contribution < 1.29 is 31.3 Å². The van der Waals surface area contributed by atoms with E-state index >= 15 is 0 Å². The summed E-state index contributed by atoms with van der Waals surface area (Å²) in [4.78, 5) is 9.47. The van der Waals surface area contributed by atoms with Gasteiger partial charge in [-0.3, -0.25) is 10.1 Å². The van der Waals surface area contributed by atoms with Gasteiger partial charge in [0.25, 0.3) is 5.69 Å². The van der Waals surface area contributed by atoms with Crippen molar-refractivity contribution in [2.75, 3.05) is 0 Å². The van der Waals surface area contributed by atoms with Crippen LogP contribution < -0.4 is 0 Å². The largest absolute Gasteiger partial charge is 0.272 e. The maximum atomic E-state index is 13.5. The number of hydrogen-bond acceptors (Lipinski definition) is 2. The van der Waals surface area contributed by atoms with Crippen molar-refractivity contribution in [2.24, 2.45) is 0 Å². The van der Waals surface area contributed by atoms with E-state index in [4.69, 9.17) is 0 Å². The van der Waals surface area contributed by atoms with E-state index in [0.29, 0.717) is 18.2 Å². The van der Waals surface area contributed by atoms with E-state index in [1.165, 1.54) is 0 Å². The quantitative estimate of drug-likeness (QED) is 0.276. The summed E-state index contributed by atoms with van der Waals surface area (Å²) in [6, 6.07) is 1.36. The van der Waals surface area contributed by atoms with Crippen LogP contribution in [0.1, 0.15) is 0 Å². The van der Waals surface area contributed by atoms with E-state index in [9.17, 15) is 36.5 Å². The maximum Gasteiger partial charge on any atom is 0.272 e. The highest BCUT2D eigenvalue weighted by Crippen LogP contribution is 2.33. The number of halogens is 6. The molecule has 0 spiro atoms. The van der Waals surface area contributed by atoms with Crippen molar-refractivity contribution in [3.05, 3.63) is 63.2 Å². The third-order valence-corrected chi connectivity index (χ3v) is 2.59. The van der Waals surface area contributed by atoms with Crippen LogP contribution >= 0.6 is 0 Å². The third kappa shape index (κ3) is 2.41. The van der Waals surface area contributed by atoms with Gasteiger partial charge in [-0.25, -0.2) is 26.3 Å². The average molecular weight is 307 g/mol. The van der Waals surface area contributed by atoms with Crippen molar-refractivity contribution in [1.82, 2.24) is 0 Å². The van der Waals surface area contributed by atoms with Crippen LogP contribution in [0.25, 0.3) is 11.1 Å². The molecule has 21 heavy (non-hydrogen) atoms. The van der Waals surface area contributed by atoms with Crippen molar-refractivity contribution in [3.63, 3.8) is 0 Å². The molecule has 0 aromatic heterocycles. The van der Waals surface area contributed by atoms with E-state index < -0.39 is 56.6 Å². The van der Waals surface area contributed by atoms with Crippen molar-refractivity contribution in [3.8, 4) is 11.1 Å². The van der Waals surface area contributed by atoms with Crippen LogP contribution in [0.4, 0.5) is 32.0 Å². The fraction of sp³-hybridized carbons (Fsp3) is 0. The summed E-state index contributed by atoms with van der Waals surface area (Å²) in [5.74, 6) is -12.5. The normalized spacial score (nSPS) is 10.8. The molecule has 110 valence electrons. The molecular formula is C12H3F6NO2. The molecule has 0 aliphatic carbocycles. The maximum absolute atomic E-state index is 13.5. The average Bonchev–Trinajstić information content (AvgIpc) is 2.42. The first-order valence-corrected chi connectivity index (χ1v) is 5.20. The second-order valence-corrected chi connectivity index (χ2v) is 3.90. The lowest BCUT2D eigenvalue weighted by atomic mass is 10.0. The van der Waals surface area contributed by atoms with Gasteiger partial charge < -0.3 is 0 Å². The Morgan fingerprint density at radius 1 is 0.762 bits per heavy atom. The standard InChI is InChI=1S/C12H3F6NO2/c13-5-1-4(2-6(3-5)19(20)21)7-8(14)10(16)12(18)11(17)9(7)15/h1-3H. The van der Waals surface area contributed by atoms with E-state index in [1.807, 2.05) is 0 Å². The minimum absolute atomic E-state index is 0.422. The van der Waals surface area contributed by atoms with Crippen LogP contribution in [-0.4, -0.2) is 4.92 Å². The molecule has 0 bridgehead atoms. The number of nitrogens with zero attached hydrogens (tertiary/aromatic N) is 1. The van der Waals surface area contributed by atoms with Crippen LogP contribution in [0.2, 0.25) is 0 Å². The molecule has 2 aromatic rings. The Kier molecular flexibility index (Phi) is 3.58. The van der Waals surface area contributed by atoms with Gasteiger partial charge in [0.2, 0.25) is 5.82 Å². The molecule has 0 heterocycles. The zero-order valence-corrected chi connectivity index (χ0v) is 9.76. The van der Waals surface area contributed by atoms with Gasteiger partial charge in [-0.1, -0.05) is 0 Å². The highest BCUT2D eigenvalue weighted by molar-refractivity contribution is 5.68. The van der Waals surface area contributed by atoms with Gasteiger partial charge in [0.05, 0.1) is 16.6 Å². The van der Waals surface area contributed by atoms with Gasteiger partial charge in [-0.05, 0) is 11.6 Å². The molecule has 0 N–H and O–H groups in total. The summed E-state index contributed by atoms with van der Waals surface area (Å²) < 4.78 is 79.3. The minimum atomic E-state index is -2.38. The number of hydrogen-bond donors (Lipinski definition) is 0. The first kappa shape index (κ1) is 14.8.